The zero-order valence-electron chi connectivity index (χ0n) is 14.5. The van der Waals surface area contributed by atoms with Gasteiger partial charge in [0.1, 0.15) is 5.69 Å². The fourth-order valence-corrected chi connectivity index (χ4v) is 3.64. The molecule has 0 bridgehead atoms. The summed E-state index contributed by atoms with van der Waals surface area (Å²) in [7, 11) is 0. The molecule has 4 aromatic rings. The highest BCUT2D eigenvalue weighted by molar-refractivity contribution is 7.99. The van der Waals surface area contributed by atoms with Crippen molar-refractivity contribution >= 4 is 29.3 Å². The summed E-state index contributed by atoms with van der Waals surface area (Å²) in [6.45, 7) is 0. The van der Waals surface area contributed by atoms with Crippen LogP contribution < -0.4 is 0 Å². The number of rotatable bonds is 5. The highest BCUT2D eigenvalue weighted by atomic mass is 35.5. The maximum absolute atomic E-state index is 11.1. The largest absolute Gasteiger partial charge is 0.478 e. The molecule has 0 amide bonds. The van der Waals surface area contributed by atoms with Gasteiger partial charge in [-0.3, -0.25) is 0 Å². The third-order valence-electron chi connectivity index (χ3n) is 4.05. The molecule has 0 saturated heterocycles. The predicted molar refractivity (Wildman–Crippen MR) is 110 cm³/mol. The van der Waals surface area contributed by atoms with E-state index in [0.29, 0.717) is 21.7 Å². The first kappa shape index (κ1) is 18.3. The van der Waals surface area contributed by atoms with Crippen LogP contribution >= 0.6 is 23.4 Å². The second kappa shape index (κ2) is 7.92. The van der Waals surface area contributed by atoms with Crippen molar-refractivity contribution in [3.8, 4) is 22.7 Å². The molecule has 0 aliphatic heterocycles. The van der Waals surface area contributed by atoms with Crippen LogP contribution in [0.15, 0.2) is 93.3 Å². The zero-order valence-corrected chi connectivity index (χ0v) is 16.1. The Morgan fingerprint density at radius 2 is 1.57 bits per heavy atom. The lowest BCUT2D eigenvalue weighted by atomic mass is 10.1. The van der Waals surface area contributed by atoms with Crippen molar-refractivity contribution in [3.05, 3.63) is 89.4 Å². The van der Waals surface area contributed by atoms with Gasteiger partial charge in [0, 0.05) is 21.0 Å². The van der Waals surface area contributed by atoms with E-state index < -0.39 is 5.97 Å². The fraction of sp³-hybridized carbons (Fsp3) is 0. The molecule has 3 aromatic carbocycles. The standard InChI is InChI=1S/C22H14ClNO3S/c23-17-10-12-18(13-11-17)28-22-19(14-6-8-16(9-7-14)21(25)26)24-20(27-22)15-4-2-1-3-5-15/h1-13H,(H,25,26). The number of carbonyl (C=O) groups is 1. The predicted octanol–water partition coefficient (Wildman–Crippen LogP) is 6.51. The molecule has 4 nitrogen and oxygen atoms in total. The molecule has 0 aliphatic rings. The van der Waals surface area contributed by atoms with Crippen molar-refractivity contribution in [2.75, 3.05) is 0 Å². The molecule has 28 heavy (non-hydrogen) atoms. The summed E-state index contributed by atoms with van der Waals surface area (Å²) in [5.74, 6) is -0.457. The summed E-state index contributed by atoms with van der Waals surface area (Å²) in [4.78, 5) is 16.8. The molecule has 0 radical (unpaired) electrons. The summed E-state index contributed by atoms with van der Waals surface area (Å²) in [5.41, 5.74) is 2.54. The van der Waals surface area contributed by atoms with Gasteiger partial charge in [-0.15, -0.1) is 0 Å². The molecule has 4 rings (SSSR count). The number of benzene rings is 3. The number of aromatic nitrogens is 1. The monoisotopic (exact) mass is 407 g/mol. The van der Waals surface area contributed by atoms with Gasteiger partial charge in [0.05, 0.1) is 5.56 Å². The van der Waals surface area contributed by atoms with Gasteiger partial charge in [-0.1, -0.05) is 41.9 Å². The van der Waals surface area contributed by atoms with E-state index >= 15 is 0 Å². The molecule has 0 fully saturated rings. The van der Waals surface area contributed by atoms with Crippen molar-refractivity contribution < 1.29 is 14.3 Å². The highest BCUT2D eigenvalue weighted by Gasteiger charge is 2.18. The van der Waals surface area contributed by atoms with Crippen molar-refractivity contribution in [2.45, 2.75) is 9.99 Å². The molecule has 1 N–H and O–H groups in total. The molecule has 0 unspecified atom stereocenters. The van der Waals surface area contributed by atoms with Crippen LogP contribution in [0.4, 0.5) is 0 Å². The molecule has 0 spiro atoms. The average molecular weight is 408 g/mol. The van der Waals surface area contributed by atoms with E-state index in [4.69, 9.17) is 21.1 Å². The van der Waals surface area contributed by atoms with Crippen LogP contribution in [-0.4, -0.2) is 16.1 Å². The van der Waals surface area contributed by atoms with Gasteiger partial charge in [-0.25, -0.2) is 9.78 Å². The van der Waals surface area contributed by atoms with E-state index in [1.807, 2.05) is 54.6 Å². The Hall–Kier alpha value is -3.02. The van der Waals surface area contributed by atoms with Gasteiger partial charge in [0.2, 0.25) is 5.89 Å². The molecule has 1 aromatic heterocycles. The Morgan fingerprint density at radius 1 is 0.893 bits per heavy atom. The molecule has 0 saturated carbocycles. The first-order valence-electron chi connectivity index (χ1n) is 8.43. The van der Waals surface area contributed by atoms with Gasteiger partial charge in [-0.05, 0) is 60.3 Å². The molecule has 0 aliphatic carbocycles. The van der Waals surface area contributed by atoms with Crippen LogP contribution in [0.5, 0.6) is 0 Å². The summed E-state index contributed by atoms with van der Waals surface area (Å²) in [6.07, 6.45) is 0. The number of aromatic carboxylic acids is 1. The van der Waals surface area contributed by atoms with Crippen LogP contribution in [0.3, 0.4) is 0 Å². The van der Waals surface area contributed by atoms with Crippen molar-refractivity contribution in [1.29, 1.82) is 0 Å². The second-order valence-electron chi connectivity index (χ2n) is 5.96. The van der Waals surface area contributed by atoms with Gasteiger partial charge in [-0.2, -0.15) is 0 Å². The Balaban J connectivity index is 1.77. The number of carboxylic acids is 1. The van der Waals surface area contributed by atoms with Crippen molar-refractivity contribution in [2.24, 2.45) is 0 Å². The highest BCUT2D eigenvalue weighted by Crippen LogP contribution is 2.39. The molecule has 1 heterocycles. The lowest BCUT2D eigenvalue weighted by Gasteiger charge is -2.02. The van der Waals surface area contributed by atoms with Crippen LogP contribution in [0.25, 0.3) is 22.7 Å². The lowest BCUT2D eigenvalue weighted by molar-refractivity contribution is 0.0697. The van der Waals surface area contributed by atoms with Crippen molar-refractivity contribution in [3.63, 3.8) is 0 Å². The van der Waals surface area contributed by atoms with E-state index in [1.54, 1.807) is 24.3 Å². The quantitative estimate of drug-likeness (QED) is 0.408. The van der Waals surface area contributed by atoms with Crippen LogP contribution in [0.2, 0.25) is 5.02 Å². The second-order valence-corrected chi connectivity index (χ2v) is 7.44. The third-order valence-corrected chi connectivity index (χ3v) is 5.27. The first-order valence-corrected chi connectivity index (χ1v) is 9.63. The van der Waals surface area contributed by atoms with Crippen molar-refractivity contribution in [1.82, 2.24) is 4.98 Å². The Labute approximate surface area is 170 Å². The van der Waals surface area contributed by atoms with Gasteiger partial charge in [0.25, 0.3) is 0 Å². The number of hydrogen-bond donors (Lipinski definition) is 1. The van der Waals surface area contributed by atoms with Crippen LogP contribution in [0.1, 0.15) is 10.4 Å². The molecule has 0 atom stereocenters. The van der Waals surface area contributed by atoms with Gasteiger partial charge < -0.3 is 9.52 Å². The minimum absolute atomic E-state index is 0.224. The Kier molecular flexibility index (Phi) is 5.19. The Morgan fingerprint density at radius 3 is 2.21 bits per heavy atom. The summed E-state index contributed by atoms with van der Waals surface area (Å²) in [6, 6.07) is 23.7. The number of nitrogens with zero attached hydrogens (tertiary/aromatic N) is 1. The maximum Gasteiger partial charge on any atom is 0.335 e. The van der Waals surface area contributed by atoms with E-state index in [0.717, 1.165) is 16.0 Å². The number of oxazole rings is 1. The minimum Gasteiger partial charge on any atom is -0.478 e. The number of carboxylic acid groups (broad SMARTS) is 1. The zero-order chi connectivity index (χ0) is 19.5. The molecular formula is C22H14ClNO3S. The summed E-state index contributed by atoms with van der Waals surface area (Å²) in [5, 5.41) is 10.4. The maximum atomic E-state index is 11.1. The van der Waals surface area contributed by atoms with E-state index in [9.17, 15) is 4.79 Å². The fourth-order valence-electron chi connectivity index (χ4n) is 2.64. The Bertz CT molecular complexity index is 1110. The third kappa shape index (κ3) is 3.96. The topological polar surface area (TPSA) is 63.3 Å². The van der Waals surface area contributed by atoms with E-state index in [-0.39, 0.29) is 5.56 Å². The SMILES string of the molecule is O=C(O)c1ccc(-c2nc(-c3ccccc3)oc2Sc2ccc(Cl)cc2)cc1. The minimum atomic E-state index is -0.965. The number of hydrogen-bond acceptors (Lipinski definition) is 4. The summed E-state index contributed by atoms with van der Waals surface area (Å²) < 4.78 is 6.07. The van der Waals surface area contributed by atoms with E-state index in [1.165, 1.54) is 11.8 Å². The van der Waals surface area contributed by atoms with Crippen LogP contribution in [0, 0.1) is 0 Å². The first-order chi connectivity index (χ1) is 13.6. The normalized spacial score (nSPS) is 10.8. The lowest BCUT2D eigenvalue weighted by Crippen LogP contribution is -1.95. The average Bonchev–Trinajstić information content (AvgIpc) is 3.14. The van der Waals surface area contributed by atoms with E-state index in [2.05, 4.69) is 4.98 Å². The van der Waals surface area contributed by atoms with Gasteiger partial charge >= 0.3 is 5.97 Å². The van der Waals surface area contributed by atoms with Crippen LogP contribution in [-0.2, 0) is 0 Å². The summed E-state index contributed by atoms with van der Waals surface area (Å²) >= 11 is 7.41. The molecule has 6 heteroatoms. The molecular weight excluding hydrogens is 394 g/mol. The number of halogens is 1. The van der Waals surface area contributed by atoms with Gasteiger partial charge in [0.15, 0.2) is 5.09 Å². The smallest absolute Gasteiger partial charge is 0.335 e. The molecule has 138 valence electrons.